The monoisotopic (exact) mass is 531 g/mol. The Morgan fingerprint density at radius 2 is 1.84 bits per heavy atom. The topological polar surface area (TPSA) is 114 Å². The number of halogens is 1. The minimum absolute atomic E-state index is 0.0636. The third-order valence-electron chi connectivity index (χ3n) is 8.37. The van der Waals surface area contributed by atoms with Crippen molar-refractivity contribution in [2.45, 2.75) is 38.3 Å². The molecule has 4 heterocycles. The zero-order valence-corrected chi connectivity index (χ0v) is 21.5. The molecule has 1 unspecified atom stereocenters. The summed E-state index contributed by atoms with van der Waals surface area (Å²) in [6.07, 6.45) is 2.41. The van der Waals surface area contributed by atoms with E-state index in [0.29, 0.717) is 42.7 Å². The number of hydrogen-bond acceptors (Lipinski definition) is 6. The van der Waals surface area contributed by atoms with Gasteiger partial charge in [0.15, 0.2) is 0 Å². The van der Waals surface area contributed by atoms with Gasteiger partial charge >= 0.3 is 0 Å². The van der Waals surface area contributed by atoms with Crippen molar-refractivity contribution in [2.75, 3.05) is 31.1 Å². The van der Waals surface area contributed by atoms with E-state index in [9.17, 15) is 19.2 Å². The quantitative estimate of drug-likeness (QED) is 0.609. The van der Waals surface area contributed by atoms with E-state index in [4.69, 9.17) is 16.9 Å². The minimum atomic E-state index is -0.614. The number of benzene rings is 2. The molecule has 2 aromatic carbocycles. The first kappa shape index (κ1) is 24.4. The van der Waals surface area contributed by atoms with Gasteiger partial charge in [-0.3, -0.25) is 24.5 Å². The van der Waals surface area contributed by atoms with Crippen LogP contribution in [0.1, 0.15) is 57.5 Å². The number of amides is 4. The molecule has 0 aromatic heterocycles. The summed E-state index contributed by atoms with van der Waals surface area (Å²) in [5.41, 5.74) is 3.59. The van der Waals surface area contributed by atoms with E-state index in [-0.39, 0.29) is 34.6 Å². The minimum Gasteiger partial charge on any atom is -0.370 e. The molecule has 1 N–H and O–H groups in total. The molecule has 0 aliphatic carbocycles. The number of nitrogens with zero attached hydrogens (tertiary/aromatic N) is 4. The number of imide groups is 1. The predicted molar refractivity (Wildman–Crippen MR) is 138 cm³/mol. The summed E-state index contributed by atoms with van der Waals surface area (Å²) in [6.45, 7) is 3.49. The maximum absolute atomic E-state index is 13.0. The standard InChI is InChI=1S/C28H26ClN5O4/c29-22-12-17(1-2-18(22)13-30)26(37)32-9-7-28(8-10-32)15-33(16-28)20-3-4-21-19(11-20)14-34(27(21)38)23-5-6-24(35)31-25(23)36/h1-4,11-12,23H,5-10,14-16H2,(H,31,35,36). The fraction of sp³-hybridized carbons (Fsp3) is 0.393. The highest BCUT2D eigenvalue weighted by atomic mass is 35.5. The lowest BCUT2D eigenvalue weighted by atomic mass is 9.71. The molecule has 4 aliphatic rings. The highest BCUT2D eigenvalue weighted by Crippen LogP contribution is 2.43. The van der Waals surface area contributed by atoms with E-state index in [1.165, 1.54) is 0 Å². The van der Waals surface area contributed by atoms with Crippen molar-refractivity contribution in [1.82, 2.24) is 15.1 Å². The predicted octanol–water partition coefficient (Wildman–Crippen LogP) is 2.72. The highest BCUT2D eigenvalue weighted by Gasteiger charge is 2.46. The van der Waals surface area contributed by atoms with Crippen molar-refractivity contribution in [2.24, 2.45) is 5.41 Å². The molecule has 4 amide bonds. The normalized spacial score (nSPS) is 22.2. The van der Waals surface area contributed by atoms with Gasteiger partial charge in [0, 0.05) is 61.4 Å². The number of carbonyl (C=O) groups excluding carboxylic acids is 4. The molecule has 6 rings (SSSR count). The number of rotatable bonds is 3. The van der Waals surface area contributed by atoms with Crippen LogP contribution in [0.5, 0.6) is 0 Å². The molecule has 2 aromatic rings. The van der Waals surface area contributed by atoms with Crippen LogP contribution in [-0.4, -0.2) is 65.6 Å². The molecule has 0 saturated carbocycles. The molecule has 0 bridgehead atoms. The van der Waals surface area contributed by atoms with Crippen LogP contribution >= 0.6 is 11.6 Å². The van der Waals surface area contributed by atoms with E-state index in [0.717, 1.165) is 37.2 Å². The number of nitriles is 1. The fourth-order valence-electron chi connectivity index (χ4n) is 6.13. The summed E-state index contributed by atoms with van der Waals surface area (Å²) >= 11 is 6.12. The van der Waals surface area contributed by atoms with Crippen molar-refractivity contribution in [1.29, 1.82) is 5.26 Å². The van der Waals surface area contributed by atoms with Gasteiger partial charge in [0.2, 0.25) is 11.8 Å². The first-order chi connectivity index (χ1) is 18.3. The maximum Gasteiger partial charge on any atom is 0.255 e. The van der Waals surface area contributed by atoms with Gasteiger partial charge in [0.05, 0.1) is 10.6 Å². The second kappa shape index (κ2) is 9.14. The number of carbonyl (C=O) groups is 4. The summed E-state index contributed by atoms with van der Waals surface area (Å²) < 4.78 is 0. The van der Waals surface area contributed by atoms with Crippen molar-refractivity contribution < 1.29 is 19.2 Å². The summed E-state index contributed by atoms with van der Waals surface area (Å²) in [6, 6.07) is 12.0. The average molecular weight is 532 g/mol. The zero-order valence-electron chi connectivity index (χ0n) is 20.7. The number of anilines is 1. The third-order valence-corrected chi connectivity index (χ3v) is 8.69. The fourth-order valence-corrected chi connectivity index (χ4v) is 6.35. The van der Waals surface area contributed by atoms with E-state index < -0.39 is 11.9 Å². The number of likely N-dealkylation sites (tertiary alicyclic amines) is 1. The Bertz CT molecular complexity index is 1420. The van der Waals surface area contributed by atoms with Gasteiger partial charge in [-0.2, -0.15) is 5.26 Å². The number of nitrogens with one attached hydrogen (secondary N) is 1. The summed E-state index contributed by atoms with van der Waals surface area (Å²) in [5, 5.41) is 11.7. The summed E-state index contributed by atoms with van der Waals surface area (Å²) in [5.74, 6) is -0.925. The Hall–Kier alpha value is -3.90. The molecule has 4 aliphatic heterocycles. The van der Waals surface area contributed by atoms with Crippen molar-refractivity contribution >= 4 is 40.9 Å². The van der Waals surface area contributed by atoms with E-state index in [1.807, 2.05) is 29.2 Å². The Kier molecular flexibility index (Phi) is 5.88. The van der Waals surface area contributed by atoms with Gasteiger partial charge in [-0.1, -0.05) is 11.6 Å². The lowest BCUT2D eigenvalue weighted by molar-refractivity contribution is -0.136. The summed E-state index contributed by atoms with van der Waals surface area (Å²) in [7, 11) is 0. The first-order valence-corrected chi connectivity index (χ1v) is 13.2. The lowest BCUT2D eigenvalue weighted by Crippen LogP contribution is -2.61. The van der Waals surface area contributed by atoms with Crippen molar-refractivity contribution in [3.8, 4) is 6.07 Å². The highest BCUT2D eigenvalue weighted by molar-refractivity contribution is 6.32. The number of fused-ring (bicyclic) bond motifs is 1. The van der Waals surface area contributed by atoms with E-state index in [1.54, 1.807) is 23.1 Å². The van der Waals surface area contributed by atoms with Crippen LogP contribution in [0.25, 0.3) is 0 Å². The summed E-state index contributed by atoms with van der Waals surface area (Å²) in [4.78, 5) is 55.5. The SMILES string of the molecule is N#Cc1ccc(C(=O)N2CCC3(CC2)CN(c2ccc4c(c2)CN(C2CCC(=O)NC2=O)C4=O)C3)cc1Cl. The molecule has 1 atom stereocenters. The molecule has 9 nitrogen and oxygen atoms in total. The number of hydrogen-bond donors (Lipinski definition) is 1. The van der Waals surface area contributed by atoms with Crippen LogP contribution in [-0.2, 0) is 16.1 Å². The van der Waals surface area contributed by atoms with Gasteiger partial charge in [0.1, 0.15) is 12.1 Å². The molecule has 10 heteroatoms. The Labute approximate surface area is 224 Å². The largest absolute Gasteiger partial charge is 0.370 e. The van der Waals surface area contributed by atoms with Crippen LogP contribution in [0, 0.1) is 16.7 Å². The Balaban J connectivity index is 1.07. The molecule has 1 spiro atoms. The third kappa shape index (κ3) is 4.09. The molecule has 3 fully saturated rings. The zero-order chi connectivity index (χ0) is 26.6. The van der Waals surface area contributed by atoms with Crippen LogP contribution in [0.3, 0.4) is 0 Å². The van der Waals surface area contributed by atoms with Crippen molar-refractivity contribution in [3.63, 3.8) is 0 Å². The molecular formula is C28H26ClN5O4. The lowest BCUT2D eigenvalue weighted by Gasteiger charge is -2.55. The van der Waals surface area contributed by atoms with E-state index in [2.05, 4.69) is 10.2 Å². The molecule has 194 valence electrons. The Morgan fingerprint density at radius 3 is 2.53 bits per heavy atom. The van der Waals surface area contributed by atoms with Crippen molar-refractivity contribution in [3.05, 3.63) is 63.7 Å². The van der Waals surface area contributed by atoms with Crippen LogP contribution in [0.4, 0.5) is 5.69 Å². The second-order valence-electron chi connectivity index (χ2n) is 10.7. The van der Waals surface area contributed by atoms with Gasteiger partial charge in [-0.05, 0) is 61.2 Å². The van der Waals surface area contributed by atoms with E-state index >= 15 is 0 Å². The van der Waals surface area contributed by atoms with Crippen LogP contribution < -0.4 is 10.2 Å². The van der Waals surface area contributed by atoms with Gasteiger partial charge in [-0.25, -0.2) is 0 Å². The maximum atomic E-state index is 13.0. The Morgan fingerprint density at radius 1 is 1.08 bits per heavy atom. The molecule has 3 saturated heterocycles. The second-order valence-corrected chi connectivity index (χ2v) is 11.1. The molecular weight excluding hydrogens is 506 g/mol. The average Bonchev–Trinajstić information content (AvgIpc) is 3.22. The smallest absolute Gasteiger partial charge is 0.255 e. The van der Waals surface area contributed by atoms with Crippen LogP contribution in [0.2, 0.25) is 5.02 Å². The first-order valence-electron chi connectivity index (χ1n) is 12.8. The van der Waals surface area contributed by atoms with Crippen LogP contribution in [0.15, 0.2) is 36.4 Å². The van der Waals surface area contributed by atoms with Gasteiger partial charge < -0.3 is 14.7 Å². The van der Waals surface area contributed by atoms with Gasteiger partial charge in [0.25, 0.3) is 11.8 Å². The van der Waals surface area contributed by atoms with Gasteiger partial charge in [-0.15, -0.1) is 0 Å². The molecule has 0 radical (unpaired) electrons. The number of piperidine rings is 2. The molecule has 38 heavy (non-hydrogen) atoms.